The first-order valence-electron chi connectivity index (χ1n) is 6.39. The zero-order valence-corrected chi connectivity index (χ0v) is 10.9. The minimum atomic E-state index is -4.19. The van der Waals surface area contributed by atoms with Crippen LogP contribution in [0.15, 0.2) is 47.0 Å². The first-order chi connectivity index (χ1) is 10.0. The predicted molar refractivity (Wildman–Crippen MR) is 71.6 cm³/mol. The molecule has 0 saturated carbocycles. The van der Waals surface area contributed by atoms with Crippen molar-refractivity contribution in [2.24, 2.45) is 0 Å². The van der Waals surface area contributed by atoms with E-state index in [0.717, 1.165) is 5.39 Å². The molecule has 3 nitrogen and oxygen atoms in total. The van der Waals surface area contributed by atoms with Crippen LogP contribution in [-0.2, 0) is 6.42 Å². The highest BCUT2D eigenvalue weighted by atomic mass is 19.4. The van der Waals surface area contributed by atoms with Crippen molar-refractivity contribution < 1.29 is 17.6 Å². The smallest absolute Gasteiger partial charge is 0.389 e. The van der Waals surface area contributed by atoms with Gasteiger partial charge in [0.05, 0.1) is 0 Å². The molecule has 3 aromatic rings. The monoisotopic (exact) mass is 292 g/mol. The fourth-order valence-corrected chi connectivity index (χ4v) is 2.02. The summed E-state index contributed by atoms with van der Waals surface area (Å²) in [6, 6.07) is 10.7. The number of aryl methyl sites for hydroxylation is 1. The summed E-state index contributed by atoms with van der Waals surface area (Å²) >= 11 is 0. The average molecular weight is 292 g/mol. The first-order valence-corrected chi connectivity index (χ1v) is 6.39. The Bertz CT molecular complexity index is 732. The van der Waals surface area contributed by atoms with E-state index in [1.54, 1.807) is 6.07 Å². The van der Waals surface area contributed by atoms with Crippen LogP contribution < -0.4 is 0 Å². The van der Waals surface area contributed by atoms with E-state index in [1.165, 1.54) is 12.3 Å². The van der Waals surface area contributed by atoms with Crippen LogP contribution in [0, 0.1) is 0 Å². The third kappa shape index (κ3) is 3.21. The van der Waals surface area contributed by atoms with Crippen molar-refractivity contribution in [3.8, 4) is 11.6 Å². The molecule has 0 aliphatic rings. The van der Waals surface area contributed by atoms with Crippen LogP contribution >= 0.6 is 0 Å². The first kappa shape index (κ1) is 13.6. The summed E-state index contributed by atoms with van der Waals surface area (Å²) in [6.07, 6.45) is -3.81. The Kier molecular flexibility index (Phi) is 3.37. The van der Waals surface area contributed by atoms with Gasteiger partial charge >= 0.3 is 6.18 Å². The molecular weight excluding hydrogens is 281 g/mol. The topological polar surface area (TPSA) is 38.9 Å². The summed E-state index contributed by atoms with van der Waals surface area (Å²) in [5, 5.41) is 0.900. The molecule has 2 heterocycles. The van der Waals surface area contributed by atoms with Crippen LogP contribution in [0.5, 0.6) is 0 Å². The Morgan fingerprint density at radius 2 is 1.90 bits per heavy atom. The second kappa shape index (κ2) is 5.20. The van der Waals surface area contributed by atoms with Gasteiger partial charge < -0.3 is 4.42 Å². The molecule has 0 aliphatic carbocycles. The summed E-state index contributed by atoms with van der Waals surface area (Å²) in [6.45, 7) is 0. The van der Waals surface area contributed by atoms with Gasteiger partial charge in [-0.1, -0.05) is 18.2 Å². The largest absolute Gasteiger partial charge is 0.453 e. The molecule has 0 amide bonds. The van der Waals surface area contributed by atoms with E-state index in [4.69, 9.17) is 4.42 Å². The molecule has 0 saturated heterocycles. The number of furan rings is 1. The third-order valence-corrected chi connectivity index (χ3v) is 3.02. The van der Waals surface area contributed by atoms with E-state index in [0.29, 0.717) is 22.9 Å². The third-order valence-electron chi connectivity index (χ3n) is 3.02. The highest BCUT2D eigenvalue weighted by molar-refractivity contribution is 5.81. The molecule has 2 aromatic heterocycles. The molecule has 0 radical (unpaired) electrons. The quantitative estimate of drug-likeness (QED) is 0.719. The van der Waals surface area contributed by atoms with Gasteiger partial charge in [0.1, 0.15) is 5.58 Å². The molecule has 0 fully saturated rings. The number of para-hydroxylation sites is 1. The second-order valence-electron chi connectivity index (χ2n) is 4.64. The van der Waals surface area contributed by atoms with Crippen molar-refractivity contribution in [2.45, 2.75) is 19.0 Å². The van der Waals surface area contributed by atoms with E-state index in [-0.39, 0.29) is 6.42 Å². The van der Waals surface area contributed by atoms with Crippen molar-refractivity contribution in [1.82, 2.24) is 9.97 Å². The van der Waals surface area contributed by atoms with E-state index in [2.05, 4.69) is 9.97 Å². The van der Waals surface area contributed by atoms with E-state index < -0.39 is 12.6 Å². The Balaban J connectivity index is 1.88. The predicted octanol–water partition coefficient (Wildman–Crippen LogP) is 4.38. The Hall–Kier alpha value is -2.37. The van der Waals surface area contributed by atoms with Crippen LogP contribution in [0.3, 0.4) is 0 Å². The molecule has 1 aromatic carbocycles. The lowest BCUT2D eigenvalue weighted by atomic mass is 10.2. The lowest BCUT2D eigenvalue weighted by molar-refractivity contribution is -0.134. The number of rotatable bonds is 3. The number of halogens is 3. The molecular formula is C15H11F3N2O. The highest BCUT2D eigenvalue weighted by Crippen LogP contribution is 2.26. The molecule has 3 rings (SSSR count). The van der Waals surface area contributed by atoms with E-state index in [9.17, 15) is 13.2 Å². The standard InChI is InChI=1S/C15H11F3N2O/c16-15(17,18)7-5-11-6-8-19-14(20-11)13-9-10-3-1-2-4-12(10)21-13/h1-4,6,8-9H,5,7H2. The van der Waals surface area contributed by atoms with Gasteiger partial charge in [-0.25, -0.2) is 9.97 Å². The van der Waals surface area contributed by atoms with E-state index >= 15 is 0 Å². The molecule has 0 atom stereocenters. The second-order valence-corrected chi connectivity index (χ2v) is 4.64. The Morgan fingerprint density at radius 1 is 1.10 bits per heavy atom. The van der Waals surface area contributed by atoms with Gasteiger partial charge in [0.25, 0.3) is 0 Å². The van der Waals surface area contributed by atoms with Crippen LogP contribution in [0.4, 0.5) is 13.2 Å². The van der Waals surface area contributed by atoms with Crippen molar-refractivity contribution >= 4 is 11.0 Å². The fourth-order valence-electron chi connectivity index (χ4n) is 2.02. The van der Waals surface area contributed by atoms with Crippen LogP contribution in [0.25, 0.3) is 22.6 Å². The molecule has 108 valence electrons. The zero-order valence-electron chi connectivity index (χ0n) is 10.9. The molecule has 21 heavy (non-hydrogen) atoms. The number of hydrogen-bond donors (Lipinski definition) is 0. The molecule has 0 N–H and O–H groups in total. The van der Waals surface area contributed by atoms with Crippen molar-refractivity contribution in [1.29, 1.82) is 0 Å². The number of benzene rings is 1. The number of aromatic nitrogens is 2. The maximum Gasteiger partial charge on any atom is 0.389 e. The molecule has 0 unspecified atom stereocenters. The van der Waals surface area contributed by atoms with Crippen molar-refractivity contribution in [3.63, 3.8) is 0 Å². The van der Waals surface area contributed by atoms with Gasteiger partial charge in [0, 0.05) is 23.7 Å². The lowest BCUT2D eigenvalue weighted by Crippen LogP contribution is -2.09. The van der Waals surface area contributed by atoms with Gasteiger partial charge in [0.2, 0.25) is 0 Å². The summed E-state index contributed by atoms with van der Waals surface area (Å²) < 4.78 is 42.3. The lowest BCUT2D eigenvalue weighted by Gasteiger charge is -2.05. The number of hydrogen-bond acceptors (Lipinski definition) is 3. The number of nitrogens with zero attached hydrogens (tertiary/aromatic N) is 2. The van der Waals surface area contributed by atoms with Gasteiger partial charge in [-0.3, -0.25) is 0 Å². The zero-order chi connectivity index (χ0) is 14.9. The van der Waals surface area contributed by atoms with Crippen molar-refractivity contribution in [2.75, 3.05) is 0 Å². The molecule has 6 heteroatoms. The van der Waals surface area contributed by atoms with Crippen LogP contribution in [0.2, 0.25) is 0 Å². The van der Waals surface area contributed by atoms with Gasteiger partial charge in [-0.2, -0.15) is 13.2 Å². The summed E-state index contributed by atoms with van der Waals surface area (Å²) in [4.78, 5) is 8.20. The maximum atomic E-state index is 12.2. The fraction of sp³-hybridized carbons (Fsp3) is 0.200. The van der Waals surface area contributed by atoms with Gasteiger partial charge in [0.15, 0.2) is 11.6 Å². The average Bonchev–Trinajstić information content (AvgIpc) is 2.89. The molecule has 0 aliphatic heterocycles. The number of alkyl halides is 3. The normalized spacial score (nSPS) is 12.0. The highest BCUT2D eigenvalue weighted by Gasteiger charge is 2.26. The minimum Gasteiger partial charge on any atom is -0.453 e. The van der Waals surface area contributed by atoms with Gasteiger partial charge in [-0.15, -0.1) is 0 Å². The maximum absolute atomic E-state index is 12.2. The summed E-state index contributed by atoms with van der Waals surface area (Å²) in [5.41, 5.74) is 1.04. The van der Waals surface area contributed by atoms with Crippen molar-refractivity contribution in [3.05, 3.63) is 48.3 Å². The molecule has 0 bridgehead atoms. The summed E-state index contributed by atoms with van der Waals surface area (Å²) in [5.74, 6) is 0.746. The Labute approximate surface area is 118 Å². The number of fused-ring (bicyclic) bond motifs is 1. The van der Waals surface area contributed by atoms with Crippen LogP contribution in [-0.4, -0.2) is 16.1 Å². The van der Waals surface area contributed by atoms with Gasteiger partial charge in [-0.05, 0) is 24.6 Å². The van der Waals surface area contributed by atoms with Crippen LogP contribution in [0.1, 0.15) is 12.1 Å². The van der Waals surface area contributed by atoms with E-state index in [1.807, 2.05) is 24.3 Å². The summed E-state index contributed by atoms with van der Waals surface area (Å²) in [7, 11) is 0. The minimum absolute atomic E-state index is 0.167. The SMILES string of the molecule is FC(F)(F)CCc1ccnc(-c2cc3ccccc3o2)n1. The Morgan fingerprint density at radius 3 is 2.67 bits per heavy atom. The molecule has 0 spiro atoms.